The molecule has 1 atom stereocenters. The summed E-state index contributed by atoms with van der Waals surface area (Å²) in [7, 11) is 0. The second-order valence-electron chi connectivity index (χ2n) is 4.08. The van der Waals surface area contributed by atoms with Crippen LogP contribution in [-0.4, -0.2) is 22.3 Å². The summed E-state index contributed by atoms with van der Waals surface area (Å²) >= 11 is 0. The summed E-state index contributed by atoms with van der Waals surface area (Å²) in [6.45, 7) is 4.26. The molecule has 0 aliphatic carbocycles. The van der Waals surface area contributed by atoms with Crippen molar-refractivity contribution >= 4 is 11.6 Å². The number of aromatic nitrogens is 2. The van der Waals surface area contributed by atoms with E-state index in [1.54, 1.807) is 30.1 Å². The minimum atomic E-state index is -0.371. The predicted octanol–water partition coefficient (Wildman–Crippen LogP) is 2.48. The molecule has 0 fully saturated rings. The van der Waals surface area contributed by atoms with Crippen LogP contribution in [0.1, 0.15) is 19.9 Å². The van der Waals surface area contributed by atoms with Crippen LogP contribution in [0.15, 0.2) is 42.7 Å². The van der Waals surface area contributed by atoms with Gasteiger partial charge < -0.3 is 10.1 Å². The number of nitrogens with one attached hydrogen (secondary N) is 1. The smallest absolute Gasteiger partial charge is 0.249 e. The second-order valence-corrected chi connectivity index (χ2v) is 4.08. The zero-order valence-electron chi connectivity index (χ0n) is 11.0. The number of amides is 1. The molecule has 19 heavy (non-hydrogen) atoms. The van der Waals surface area contributed by atoms with Crippen LogP contribution >= 0.6 is 0 Å². The van der Waals surface area contributed by atoms with Crippen molar-refractivity contribution in [3.05, 3.63) is 42.7 Å². The van der Waals surface area contributed by atoms with Crippen molar-refractivity contribution in [1.82, 2.24) is 9.78 Å². The van der Waals surface area contributed by atoms with E-state index in [4.69, 9.17) is 4.74 Å². The van der Waals surface area contributed by atoms with Gasteiger partial charge in [-0.05, 0) is 32.0 Å². The van der Waals surface area contributed by atoms with Gasteiger partial charge in [0.05, 0.1) is 12.3 Å². The molecule has 0 saturated carbocycles. The lowest BCUT2D eigenvalue weighted by atomic mass is 10.2. The van der Waals surface area contributed by atoms with Crippen molar-refractivity contribution in [1.29, 1.82) is 0 Å². The summed E-state index contributed by atoms with van der Waals surface area (Å²) < 4.78 is 7.08. The fourth-order valence-electron chi connectivity index (χ4n) is 1.72. The lowest BCUT2D eigenvalue weighted by Crippen LogP contribution is -2.24. The van der Waals surface area contributed by atoms with Gasteiger partial charge in [0.2, 0.25) is 5.91 Å². The largest absolute Gasteiger partial charge is 0.492 e. The Kier molecular flexibility index (Phi) is 4.18. The zero-order valence-corrected chi connectivity index (χ0v) is 11.0. The fraction of sp³-hybridized carbons (Fsp3) is 0.286. The first-order valence-corrected chi connectivity index (χ1v) is 6.24. The average molecular weight is 259 g/mol. The average Bonchev–Trinajstić information content (AvgIpc) is 2.94. The van der Waals surface area contributed by atoms with Crippen molar-refractivity contribution in [3.8, 4) is 5.75 Å². The number of carbonyl (C=O) groups excluding carboxylic acids is 1. The van der Waals surface area contributed by atoms with Crippen molar-refractivity contribution in [2.24, 2.45) is 0 Å². The number of anilines is 1. The number of carbonyl (C=O) groups is 1. The summed E-state index contributed by atoms with van der Waals surface area (Å²) in [5, 5.41) is 6.92. The Morgan fingerprint density at radius 3 is 2.89 bits per heavy atom. The summed E-state index contributed by atoms with van der Waals surface area (Å²) in [6, 6.07) is 8.80. The number of rotatable bonds is 5. The van der Waals surface area contributed by atoms with E-state index in [0.29, 0.717) is 18.0 Å². The summed E-state index contributed by atoms with van der Waals surface area (Å²) in [5.74, 6) is 0.543. The third-order valence-corrected chi connectivity index (χ3v) is 2.75. The lowest BCUT2D eigenvalue weighted by Gasteiger charge is -2.15. The topological polar surface area (TPSA) is 56.1 Å². The molecule has 2 aromatic rings. The van der Waals surface area contributed by atoms with Crippen molar-refractivity contribution in [3.63, 3.8) is 0 Å². The first kappa shape index (κ1) is 13.1. The Balaban J connectivity index is 2.10. The summed E-state index contributed by atoms with van der Waals surface area (Å²) in [4.78, 5) is 12.1. The molecule has 0 radical (unpaired) electrons. The minimum Gasteiger partial charge on any atom is -0.492 e. The van der Waals surface area contributed by atoms with Crippen molar-refractivity contribution in [2.45, 2.75) is 19.9 Å². The highest BCUT2D eigenvalue weighted by Gasteiger charge is 2.16. The number of ether oxygens (including phenoxy) is 1. The lowest BCUT2D eigenvalue weighted by molar-refractivity contribution is -0.119. The second kappa shape index (κ2) is 6.04. The molecule has 1 N–H and O–H groups in total. The van der Waals surface area contributed by atoms with Crippen molar-refractivity contribution in [2.75, 3.05) is 11.9 Å². The number of nitrogens with zero attached hydrogens (tertiary/aromatic N) is 2. The van der Waals surface area contributed by atoms with Gasteiger partial charge in [-0.25, -0.2) is 0 Å². The van der Waals surface area contributed by atoms with E-state index in [0.717, 1.165) is 0 Å². The van der Waals surface area contributed by atoms with E-state index in [1.807, 2.05) is 31.2 Å². The standard InChI is InChI=1S/C14H17N3O2/c1-3-19-13-8-5-4-7-12(13)16-14(18)11(2)17-10-6-9-15-17/h4-11H,3H2,1-2H3,(H,16,18)/t11-/m0/s1. The molecule has 5 nitrogen and oxygen atoms in total. The Bertz CT molecular complexity index is 537. The molecule has 1 aromatic carbocycles. The number of hydrogen-bond donors (Lipinski definition) is 1. The molecule has 0 unspecified atom stereocenters. The van der Waals surface area contributed by atoms with Crippen LogP contribution in [-0.2, 0) is 4.79 Å². The fourth-order valence-corrected chi connectivity index (χ4v) is 1.72. The third kappa shape index (κ3) is 3.13. The Morgan fingerprint density at radius 1 is 1.42 bits per heavy atom. The van der Waals surface area contributed by atoms with E-state index in [2.05, 4.69) is 10.4 Å². The molecular formula is C14H17N3O2. The first-order valence-electron chi connectivity index (χ1n) is 6.24. The molecular weight excluding hydrogens is 242 g/mol. The maximum absolute atomic E-state index is 12.1. The quantitative estimate of drug-likeness (QED) is 0.897. The molecule has 0 spiro atoms. The van der Waals surface area contributed by atoms with Gasteiger partial charge >= 0.3 is 0 Å². The Hall–Kier alpha value is -2.30. The van der Waals surface area contributed by atoms with E-state index in [1.165, 1.54) is 0 Å². The van der Waals surface area contributed by atoms with Gasteiger partial charge in [0.25, 0.3) is 0 Å². The van der Waals surface area contributed by atoms with Crippen LogP contribution in [0.2, 0.25) is 0 Å². The normalized spacial score (nSPS) is 11.9. The third-order valence-electron chi connectivity index (χ3n) is 2.75. The van der Waals surface area contributed by atoms with Gasteiger partial charge in [-0.3, -0.25) is 9.48 Å². The molecule has 1 heterocycles. The molecule has 100 valence electrons. The van der Waals surface area contributed by atoms with Gasteiger partial charge in [-0.2, -0.15) is 5.10 Å². The van der Waals surface area contributed by atoms with E-state index < -0.39 is 0 Å². The molecule has 2 rings (SSSR count). The molecule has 1 aromatic heterocycles. The van der Waals surface area contributed by atoms with Gasteiger partial charge in [0.15, 0.2) is 0 Å². The Labute approximate surface area is 112 Å². The van der Waals surface area contributed by atoms with Gasteiger partial charge in [0.1, 0.15) is 11.8 Å². The maximum atomic E-state index is 12.1. The van der Waals surface area contributed by atoms with E-state index in [-0.39, 0.29) is 11.9 Å². The first-order chi connectivity index (χ1) is 9.22. The monoisotopic (exact) mass is 259 g/mol. The highest BCUT2D eigenvalue weighted by molar-refractivity contribution is 5.94. The zero-order chi connectivity index (χ0) is 13.7. The molecule has 1 amide bonds. The van der Waals surface area contributed by atoms with E-state index >= 15 is 0 Å². The van der Waals surface area contributed by atoms with Crippen LogP contribution in [0.3, 0.4) is 0 Å². The van der Waals surface area contributed by atoms with E-state index in [9.17, 15) is 4.79 Å². The van der Waals surface area contributed by atoms with Gasteiger partial charge in [-0.15, -0.1) is 0 Å². The van der Waals surface area contributed by atoms with Crippen LogP contribution in [0.5, 0.6) is 5.75 Å². The molecule has 0 bridgehead atoms. The van der Waals surface area contributed by atoms with Crippen LogP contribution in [0.4, 0.5) is 5.69 Å². The summed E-state index contributed by atoms with van der Waals surface area (Å²) in [6.07, 6.45) is 3.41. The number of hydrogen-bond acceptors (Lipinski definition) is 3. The summed E-state index contributed by atoms with van der Waals surface area (Å²) in [5.41, 5.74) is 0.674. The van der Waals surface area contributed by atoms with Crippen molar-refractivity contribution < 1.29 is 9.53 Å². The van der Waals surface area contributed by atoms with Gasteiger partial charge in [-0.1, -0.05) is 12.1 Å². The van der Waals surface area contributed by atoms with Crippen LogP contribution in [0.25, 0.3) is 0 Å². The maximum Gasteiger partial charge on any atom is 0.249 e. The van der Waals surface area contributed by atoms with Crippen LogP contribution < -0.4 is 10.1 Å². The molecule has 0 saturated heterocycles. The van der Waals surface area contributed by atoms with Gasteiger partial charge in [0, 0.05) is 12.4 Å². The number of para-hydroxylation sites is 2. The van der Waals surface area contributed by atoms with Crippen LogP contribution in [0, 0.1) is 0 Å². The SMILES string of the molecule is CCOc1ccccc1NC(=O)[C@H](C)n1cccn1. The molecule has 0 aliphatic rings. The predicted molar refractivity (Wildman–Crippen MR) is 73.2 cm³/mol. The minimum absolute atomic E-state index is 0.129. The molecule has 5 heteroatoms. The highest BCUT2D eigenvalue weighted by atomic mass is 16.5. The Morgan fingerprint density at radius 2 is 2.21 bits per heavy atom. The molecule has 0 aliphatic heterocycles. The number of benzene rings is 1. The highest BCUT2D eigenvalue weighted by Crippen LogP contribution is 2.24.